The van der Waals surface area contributed by atoms with Crippen LogP contribution >= 0.6 is 0 Å². The highest BCUT2D eigenvalue weighted by molar-refractivity contribution is 5.76. The van der Waals surface area contributed by atoms with Crippen molar-refractivity contribution < 1.29 is 28.9 Å². The van der Waals surface area contributed by atoms with Gasteiger partial charge in [0.2, 0.25) is 0 Å². The lowest BCUT2D eigenvalue weighted by Crippen LogP contribution is -2.30. The molecule has 0 aliphatic carbocycles. The number of carboxylic acid groups (broad SMARTS) is 1. The van der Waals surface area contributed by atoms with Gasteiger partial charge >= 0.3 is 11.9 Å². The number of aliphatic carboxylic acids is 1. The van der Waals surface area contributed by atoms with E-state index in [9.17, 15) is 24.3 Å². The Hall–Kier alpha value is -3.28. The summed E-state index contributed by atoms with van der Waals surface area (Å²) in [4.78, 5) is 24.6. The molecule has 0 fully saturated rings. The number of aliphatic hydroxyl groups is 1. The Morgan fingerprint density at radius 2 is 1.84 bits per heavy atom. The first-order valence-electron chi connectivity index (χ1n) is 10.2. The molecule has 0 aliphatic heterocycles. The van der Waals surface area contributed by atoms with Crippen molar-refractivity contribution in [3.05, 3.63) is 70.5 Å². The number of ether oxygens (including phenoxy) is 1. The van der Waals surface area contributed by atoms with Crippen LogP contribution < -0.4 is 0 Å². The van der Waals surface area contributed by atoms with Gasteiger partial charge in [0.25, 0.3) is 0 Å². The Balaban J connectivity index is 2.42. The number of carbonyl (C=O) groups is 2. The maximum absolute atomic E-state index is 13.5. The van der Waals surface area contributed by atoms with E-state index in [1.807, 2.05) is 25.1 Å². The van der Waals surface area contributed by atoms with Crippen LogP contribution in [0.4, 0.5) is 4.39 Å². The van der Waals surface area contributed by atoms with Gasteiger partial charge in [0, 0.05) is 0 Å². The van der Waals surface area contributed by atoms with Crippen molar-refractivity contribution in [1.29, 1.82) is 5.26 Å². The van der Waals surface area contributed by atoms with Crippen LogP contribution in [0, 0.1) is 17.1 Å². The van der Waals surface area contributed by atoms with Crippen molar-refractivity contribution in [2.75, 3.05) is 20.6 Å². The number of nitrogens with zero attached hydrogens (tertiary/aromatic N) is 2. The monoisotopic (exact) mass is 442 g/mol. The summed E-state index contributed by atoms with van der Waals surface area (Å²) in [5.41, 5.74) is 0.138. The van der Waals surface area contributed by atoms with Crippen LogP contribution in [-0.2, 0) is 26.5 Å². The number of nitriles is 1. The van der Waals surface area contributed by atoms with Crippen molar-refractivity contribution in [3.63, 3.8) is 0 Å². The second kappa shape index (κ2) is 11.4. The molecule has 2 aromatic carbocycles. The quantitative estimate of drug-likeness (QED) is 0.514. The summed E-state index contributed by atoms with van der Waals surface area (Å²) in [6.45, 7) is 0.472. The van der Waals surface area contributed by atoms with Crippen molar-refractivity contribution in [2.45, 2.75) is 37.9 Å². The largest absolute Gasteiger partial charge is 0.481 e. The SMILES string of the molecule is CN(C)CCC[C@](O)(c1ccc(F)cc1)c1ccc(C#N)cc1COC(=O)CCC(=O)O. The minimum Gasteiger partial charge on any atom is -0.481 e. The van der Waals surface area contributed by atoms with Crippen molar-refractivity contribution in [3.8, 4) is 6.07 Å². The number of hydrogen-bond donors (Lipinski definition) is 2. The maximum atomic E-state index is 13.5. The fourth-order valence-electron chi connectivity index (χ4n) is 3.44. The lowest BCUT2D eigenvalue weighted by Gasteiger charge is -2.32. The van der Waals surface area contributed by atoms with Gasteiger partial charge in [-0.2, -0.15) is 5.26 Å². The molecule has 0 saturated heterocycles. The molecule has 0 heterocycles. The molecule has 7 nitrogen and oxygen atoms in total. The van der Waals surface area contributed by atoms with Crippen molar-refractivity contribution >= 4 is 11.9 Å². The highest BCUT2D eigenvalue weighted by Gasteiger charge is 2.34. The minimum absolute atomic E-state index is 0.236. The molecule has 0 amide bonds. The van der Waals surface area contributed by atoms with E-state index in [-0.39, 0.29) is 19.4 Å². The fourth-order valence-corrected chi connectivity index (χ4v) is 3.44. The first-order chi connectivity index (χ1) is 15.2. The highest BCUT2D eigenvalue weighted by atomic mass is 19.1. The molecule has 2 aromatic rings. The summed E-state index contributed by atoms with van der Waals surface area (Å²) in [5.74, 6) is -2.24. The Kier molecular flexibility index (Phi) is 8.88. The van der Waals surface area contributed by atoms with Crippen LogP contribution in [0.25, 0.3) is 0 Å². The highest BCUT2D eigenvalue weighted by Crippen LogP contribution is 2.37. The third-order valence-electron chi connectivity index (χ3n) is 5.08. The normalized spacial score (nSPS) is 12.8. The molecule has 1 atom stereocenters. The predicted molar refractivity (Wildman–Crippen MR) is 115 cm³/mol. The summed E-state index contributed by atoms with van der Waals surface area (Å²) >= 11 is 0. The average Bonchev–Trinajstić information content (AvgIpc) is 2.76. The number of benzene rings is 2. The zero-order valence-electron chi connectivity index (χ0n) is 18.2. The molecule has 0 saturated carbocycles. The van der Waals surface area contributed by atoms with Crippen molar-refractivity contribution in [1.82, 2.24) is 4.90 Å². The van der Waals surface area contributed by atoms with E-state index in [0.29, 0.717) is 41.6 Å². The topological polar surface area (TPSA) is 111 Å². The van der Waals surface area contributed by atoms with Gasteiger partial charge in [0.1, 0.15) is 18.0 Å². The second-order valence-corrected chi connectivity index (χ2v) is 7.81. The smallest absolute Gasteiger partial charge is 0.306 e. The average molecular weight is 442 g/mol. The Bertz CT molecular complexity index is 985. The predicted octanol–water partition coefficient (Wildman–Crippen LogP) is 3.18. The molecule has 32 heavy (non-hydrogen) atoms. The third-order valence-corrected chi connectivity index (χ3v) is 5.08. The van der Waals surface area contributed by atoms with Crippen LogP contribution in [0.15, 0.2) is 42.5 Å². The fraction of sp³-hybridized carbons (Fsp3) is 0.375. The Labute approximate surface area is 186 Å². The zero-order valence-corrected chi connectivity index (χ0v) is 18.2. The number of esters is 1. The molecular formula is C24H27FN2O5. The van der Waals surface area contributed by atoms with E-state index in [1.54, 1.807) is 12.1 Å². The molecule has 2 rings (SSSR count). The van der Waals surface area contributed by atoms with Gasteiger partial charge in [-0.15, -0.1) is 0 Å². The molecule has 170 valence electrons. The van der Waals surface area contributed by atoms with Gasteiger partial charge in [-0.3, -0.25) is 9.59 Å². The van der Waals surface area contributed by atoms with Gasteiger partial charge in [0.15, 0.2) is 0 Å². The molecular weight excluding hydrogens is 415 g/mol. The van der Waals surface area contributed by atoms with Gasteiger partial charge in [0.05, 0.1) is 24.5 Å². The lowest BCUT2D eigenvalue weighted by molar-refractivity contribution is -0.148. The first kappa shape index (κ1) is 25.0. The van der Waals surface area contributed by atoms with Crippen molar-refractivity contribution in [2.24, 2.45) is 0 Å². The first-order valence-corrected chi connectivity index (χ1v) is 10.2. The number of halogens is 1. The maximum Gasteiger partial charge on any atom is 0.306 e. The summed E-state index contributed by atoms with van der Waals surface area (Å²) < 4.78 is 18.7. The van der Waals surface area contributed by atoms with Gasteiger partial charge in [-0.05, 0) is 74.4 Å². The van der Waals surface area contributed by atoms with E-state index in [2.05, 4.69) is 0 Å². The molecule has 0 aliphatic rings. The molecule has 0 spiro atoms. The van der Waals surface area contributed by atoms with E-state index < -0.39 is 23.4 Å². The van der Waals surface area contributed by atoms with Crippen LogP contribution in [0.3, 0.4) is 0 Å². The summed E-state index contributed by atoms with van der Waals surface area (Å²) in [5, 5.41) is 29.8. The molecule has 8 heteroatoms. The van der Waals surface area contributed by atoms with E-state index in [0.717, 1.165) is 0 Å². The van der Waals surface area contributed by atoms with Gasteiger partial charge in [-0.1, -0.05) is 18.2 Å². The lowest BCUT2D eigenvalue weighted by atomic mass is 9.80. The number of carbonyl (C=O) groups excluding carboxylic acids is 1. The summed E-state index contributed by atoms with van der Waals surface area (Å²) in [7, 11) is 3.83. The minimum atomic E-state index is -1.51. The van der Waals surface area contributed by atoms with Crippen LogP contribution in [0.5, 0.6) is 0 Å². The number of hydrogen-bond acceptors (Lipinski definition) is 6. The molecule has 2 N–H and O–H groups in total. The molecule has 0 radical (unpaired) electrons. The molecule has 0 bridgehead atoms. The van der Waals surface area contributed by atoms with Gasteiger partial charge in [-0.25, -0.2) is 4.39 Å². The summed E-state index contributed by atoms with van der Waals surface area (Å²) in [6, 6.07) is 12.3. The Morgan fingerprint density at radius 1 is 1.16 bits per heavy atom. The van der Waals surface area contributed by atoms with Crippen LogP contribution in [0.1, 0.15) is 47.9 Å². The zero-order chi connectivity index (χ0) is 23.7. The number of rotatable bonds is 11. The molecule has 0 aromatic heterocycles. The Morgan fingerprint density at radius 3 is 2.44 bits per heavy atom. The van der Waals surface area contributed by atoms with Gasteiger partial charge < -0.3 is 19.8 Å². The molecule has 0 unspecified atom stereocenters. The van der Waals surface area contributed by atoms with Crippen LogP contribution in [-0.4, -0.2) is 47.7 Å². The van der Waals surface area contributed by atoms with E-state index in [4.69, 9.17) is 9.84 Å². The van der Waals surface area contributed by atoms with Crippen LogP contribution in [0.2, 0.25) is 0 Å². The summed E-state index contributed by atoms with van der Waals surface area (Å²) in [6.07, 6.45) is 0.295. The number of carboxylic acids is 1. The third kappa shape index (κ3) is 6.87. The standard InChI is InChI=1S/C24H27FN2O5/c1-27(2)13-3-12-24(31,19-5-7-20(25)8-6-19)21-9-4-17(15-26)14-18(21)16-32-23(30)11-10-22(28)29/h4-9,14,31H,3,10-13,16H2,1-2H3,(H,28,29)/t24-/m0/s1. The second-order valence-electron chi connectivity index (χ2n) is 7.81. The van der Waals surface area contributed by atoms with E-state index in [1.165, 1.54) is 30.3 Å². The van der Waals surface area contributed by atoms with E-state index >= 15 is 0 Å².